The molecule has 0 aliphatic carbocycles. The van der Waals surface area contributed by atoms with E-state index in [1.807, 2.05) is 23.9 Å². The van der Waals surface area contributed by atoms with Crippen LogP contribution in [0.2, 0.25) is 0 Å². The second-order valence-corrected chi connectivity index (χ2v) is 5.75. The predicted octanol–water partition coefficient (Wildman–Crippen LogP) is 3.20. The van der Waals surface area contributed by atoms with Crippen molar-refractivity contribution in [3.8, 4) is 0 Å². The van der Waals surface area contributed by atoms with Crippen LogP contribution in [0.15, 0.2) is 29.2 Å². The molecule has 100 valence electrons. The van der Waals surface area contributed by atoms with Gasteiger partial charge in [0.15, 0.2) is 0 Å². The third-order valence-electron chi connectivity index (χ3n) is 3.02. The summed E-state index contributed by atoms with van der Waals surface area (Å²) < 4.78 is 0. The van der Waals surface area contributed by atoms with Crippen LogP contribution in [0, 0.1) is 10.1 Å². The molecule has 0 N–H and O–H groups in total. The number of hydrogen-bond donors (Lipinski definition) is 0. The van der Waals surface area contributed by atoms with E-state index in [0.29, 0.717) is 5.25 Å². The Morgan fingerprint density at radius 3 is 2.33 bits per heavy atom. The van der Waals surface area contributed by atoms with E-state index in [1.165, 1.54) is 12.8 Å². The molecule has 0 unspecified atom stereocenters. The summed E-state index contributed by atoms with van der Waals surface area (Å²) in [4.78, 5) is 13.6. The summed E-state index contributed by atoms with van der Waals surface area (Å²) >= 11 is 1.84. The highest BCUT2D eigenvalue weighted by molar-refractivity contribution is 8.00. The van der Waals surface area contributed by atoms with Gasteiger partial charge in [0.05, 0.1) is 4.92 Å². The number of halogens is 1. The molecule has 0 bridgehead atoms. The molecule has 1 fully saturated rings. The monoisotopic (exact) mass is 288 g/mol. The minimum Gasteiger partial charge on any atom is -0.306 e. The van der Waals surface area contributed by atoms with Crippen molar-refractivity contribution in [2.75, 3.05) is 20.1 Å². The van der Waals surface area contributed by atoms with E-state index in [4.69, 9.17) is 0 Å². The zero-order valence-electron chi connectivity index (χ0n) is 10.2. The van der Waals surface area contributed by atoms with Gasteiger partial charge in [0.1, 0.15) is 0 Å². The molecular weight excluding hydrogens is 272 g/mol. The summed E-state index contributed by atoms with van der Waals surface area (Å²) in [5.41, 5.74) is 0.165. The molecule has 4 nitrogen and oxygen atoms in total. The van der Waals surface area contributed by atoms with Crippen molar-refractivity contribution in [2.24, 2.45) is 0 Å². The Hall–Kier alpha value is -0.780. The van der Waals surface area contributed by atoms with Gasteiger partial charge < -0.3 is 4.90 Å². The Kier molecular flexibility index (Phi) is 5.91. The van der Waals surface area contributed by atoms with Crippen LogP contribution in [0.25, 0.3) is 0 Å². The van der Waals surface area contributed by atoms with Crippen molar-refractivity contribution in [3.63, 3.8) is 0 Å². The summed E-state index contributed by atoms with van der Waals surface area (Å²) in [6.45, 7) is 2.29. The topological polar surface area (TPSA) is 46.4 Å². The summed E-state index contributed by atoms with van der Waals surface area (Å²) in [6.07, 6.45) is 2.39. The third kappa shape index (κ3) is 4.15. The molecule has 0 radical (unpaired) electrons. The first kappa shape index (κ1) is 15.3. The average Bonchev–Trinajstić information content (AvgIpc) is 2.33. The summed E-state index contributed by atoms with van der Waals surface area (Å²) in [5, 5.41) is 11.2. The zero-order chi connectivity index (χ0) is 12.3. The molecule has 1 aliphatic heterocycles. The molecule has 1 saturated heterocycles. The Morgan fingerprint density at radius 1 is 1.28 bits per heavy atom. The summed E-state index contributed by atoms with van der Waals surface area (Å²) in [7, 11) is 2.15. The van der Waals surface area contributed by atoms with Crippen molar-refractivity contribution >= 4 is 29.9 Å². The molecule has 1 aromatic carbocycles. The fraction of sp³-hybridized carbons (Fsp3) is 0.500. The molecule has 1 heterocycles. The first-order valence-corrected chi connectivity index (χ1v) is 6.63. The summed E-state index contributed by atoms with van der Waals surface area (Å²) in [6, 6.07) is 6.86. The standard InChI is InChI=1S/C12H16N2O2S.ClH/c1-13-8-6-12(7-9-13)17-11-4-2-10(3-5-11)14(15)16;/h2-5,12H,6-9H2,1H3;1H. The number of rotatable bonds is 3. The molecule has 18 heavy (non-hydrogen) atoms. The minimum absolute atomic E-state index is 0. The Labute approximate surface area is 117 Å². The molecule has 1 aromatic rings. The second kappa shape index (κ2) is 6.97. The van der Waals surface area contributed by atoms with Crippen molar-refractivity contribution in [1.82, 2.24) is 4.90 Å². The SMILES string of the molecule is CN1CCC(Sc2ccc([N+](=O)[O-])cc2)CC1.Cl. The first-order chi connectivity index (χ1) is 8.15. The third-order valence-corrected chi connectivity index (χ3v) is 4.36. The quantitative estimate of drug-likeness (QED) is 0.633. The number of piperidine rings is 1. The van der Waals surface area contributed by atoms with Crippen LogP contribution in [0.5, 0.6) is 0 Å². The lowest BCUT2D eigenvalue weighted by molar-refractivity contribution is -0.384. The van der Waals surface area contributed by atoms with E-state index in [-0.39, 0.29) is 23.0 Å². The van der Waals surface area contributed by atoms with E-state index in [1.54, 1.807) is 12.1 Å². The van der Waals surface area contributed by atoms with E-state index in [9.17, 15) is 10.1 Å². The van der Waals surface area contributed by atoms with Crippen molar-refractivity contribution in [3.05, 3.63) is 34.4 Å². The van der Waals surface area contributed by atoms with Gasteiger partial charge in [0.2, 0.25) is 0 Å². The number of nitro benzene ring substituents is 1. The molecule has 2 rings (SSSR count). The highest BCUT2D eigenvalue weighted by Crippen LogP contribution is 2.30. The Morgan fingerprint density at radius 2 is 1.83 bits per heavy atom. The van der Waals surface area contributed by atoms with Gasteiger partial charge in [-0.1, -0.05) is 0 Å². The Bertz CT molecular complexity index is 392. The highest BCUT2D eigenvalue weighted by atomic mass is 35.5. The fourth-order valence-electron chi connectivity index (χ4n) is 1.94. The number of nitrogens with zero attached hydrogens (tertiary/aromatic N) is 2. The van der Waals surface area contributed by atoms with E-state index >= 15 is 0 Å². The molecule has 0 spiro atoms. The lowest BCUT2D eigenvalue weighted by Gasteiger charge is -2.28. The molecule has 1 aliphatic rings. The number of benzene rings is 1. The van der Waals surface area contributed by atoms with Crippen LogP contribution in [0.1, 0.15) is 12.8 Å². The lowest BCUT2D eigenvalue weighted by Crippen LogP contribution is -2.31. The van der Waals surface area contributed by atoms with E-state index in [0.717, 1.165) is 18.0 Å². The largest absolute Gasteiger partial charge is 0.306 e. The first-order valence-electron chi connectivity index (χ1n) is 5.75. The zero-order valence-corrected chi connectivity index (χ0v) is 11.9. The Balaban J connectivity index is 0.00000162. The van der Waals surface area contributed by atoms with Gasteiger partial charge in [-0.2, -0.15) is 0 Å². The molecule has 0 saturated carbocycles. The number of nitro groups is 1. The van der Waals surface area contributed by atoms with Gasteiger partial charge in [-0.25, -0.2) is 0 Å². The van der Waals surface area contributed by atoms with Crippen LogP contribution in [-0.4, -0.2) is 35.2 Å². The predicted molar refractivity (Wildman–Crippen MR) is 76.7 cm³/mol. The minimum atomic E-state index is -0.357. The maximum Gasteiger partial charge on any atom is 0.269 e. The molecule has 6 heteroatoms. The average molecular weight is 289 g/mol. The molecule has 0 atom stereocenters. The number of likely N-dealkylation sites (tertiary alicyclic amines) is 1. The molecule has 0 aromatic heterocycles. The van der Waals surface area contributed by atoms with Crippen molar-refractivity contribution in [2.45, 2.75) is 23.0 Å². The van der Waals surface area contributed by atoms with Gasteiger partial charge in [0, 0.05) is 22.3 Å². The number of thioether (sulfide) groups is 1. The van der Waals surface area contributed by atoms with Crippen LogP contribution < -0.4 is 0 Å². The highest BCUT2D eigenvalue weighted by Gasteiger charge is 2.17. The van der Waals surface area contributed by atoms with Crippen molar-refractivity contribution < 1.29 is 4.92 Å². The fourth-order valence-corrected chi connectivity index (χ4v) is 3.07. The van der Waals surface area contributed by atoms with Gasteiger partial charge in [-0.05, 0) is 45.1 Å². The molecule has 0 amide bonds. The lowest BCUT2D eigenvalue weighted by atomic mass is 10.1. The van der Waals surface area contributed by atoms with Gasteiger partial charge in [0.25, 0.3) is 5.69 Å². The van der Waals surface area contributed by atoms with Crippen LogP contribution in [0.3, 0.4) is 0 Å². The van der Waals surface area contributed by atoms with Crippen LogP contribution in [-0.2, 0) is 0 Å². The van der Waals surface area contributed by atoms with E-state index < -0.39 is 0 Å². The van der Waals surface area contributed by atoms with Crippen LogP contribution >= 0.6 is 24.2 Å². The normalized spacial score (nSPS) is 17.2. The second-order valence-electron chi connectivity index (χ2n) is 4.37. The summed E-state index contributed by atoms with van der Waals surface area (Å²) in [5.74, 6) is 0. The van der Waals surface area contributed by atoms with Gasteiger partial charge >= 0.3 is 0 Å². The van der Waals surface area contributed by atoms with Crippen LogP contribution in [0.4, 0.5) is 5.69 Å². The van der Waals surface area contributed by atoms with Crippen molar-refractivity contribution in [1.29, 1.82) is 0 Å². The number of non-ortho nitro benzene ring substituents is 1. The van der Waals surface area contributed by atoms with Gasteiger partial charge in [-0.15, -0.1) is 24.2 Å². The smallest absolute Gasteiger partial charge is 0.269 e. The maximum atomic E-state index is 10.5. The maximum absolute atomic E-state index is 10.5. The molecular formula is C12H17ClN2O2S. The number of hydrogen-bond acceptors (Lipinski definition) is 4. The van der Waals surface area contributed by atoms with E-state index in [2.05, 4.69) is 11.9 Å². The van der Waals surface area contributed by atoms with Gasteiger partial charge in [-0.3, -0.25) is 10.1 Å².